The van der Waals surface area contributed by atoms with Crippen LogP contribution in [0.1, 0.15) is 6.92 Å². The molecule has 3 saturated heterocycles. The Labute approximate surface area is 187 Å². The molecule has 15 atom stereocenters. The van der Waals surface area contributed by atoms with E-state index in [1.165, 1.54) is 6.92 Å². The summed E-state index contributed by atoms with van der Waals surface area (Å²) in [5.74, 6) is 0. The highest BCUT2D eigenvalue weighted by Gasteiger charge is 2.64. The predicted octanol–water partition coefficient (Wildman–Crippen LogP) is -7.16. The molecule has 194 valence electrons. The minimum absolute atomic E-state index is 0.799. The summed E-state index contributed by atoms with van der Waals surface area (Å²) in [7, 11) is 0. The second-order valence-corrected chi connectivity index (χ2v) is 8.59. The monoisotopic (exact) mass is 488 g/mol. The number of aliphatic hydroxyl groups excluding tert-OH is 11. The van der Waals surface area contributed by atoms with Crippen molar-refractivity contribution in [1.82, 2.24) is 0 Å². The van der Waals surface area contributed by atoms with Gasteiger partial charge in [0.05, 0.1) is 19.3 Å². The fraction of sp³-hybridized carbons (Fsp3) is 1.00. The fourth-order valence-electron chi connectivity index (χ4n) is 4.42. The van der Waals surface area contributed by atoms with E-state index < -0.39 is 105 Å². The van der Waals surface area contributed by atoms with Gasteiger partial charge in [-0.3, -0.25) is 0 Å². The lowest BCUT2D eigenvalue weighted by Crippen LogP contribution is -2.77. The number of hydrogen-bond donors (Lipinski definition) is 11. The zero-order chi connectivity index (χ0) is 24.8. The molecule has 0 aromatic rings. The second kappa shape index (κ2) is 10.2. The highest BCUT2D eigenvalue weighted by Crippen LogP contribution is 2.41. The largest absolute Gasteiger partial charge is 0.394 e. The summed E-state index contributed by atoms with van der Waals surface area (Å²) in [6.45, 7) is -0.615. The van der Waals surface area contributed by atoms with E-state index in [2.05, 4.69) is 0 Å². The minimum Gasteiger partial charge on any atom is -0.394 e. The van der Waals surface area contributed by atoms with E-state index in [-0.39, 0.29) is 0 Å². The van der Waals surface area contributed by atoms with Gasteiger partial charge in [0.2, 0.25) is 0 Å². The molecule has 3 heterocycles. The van der Waals surface area contributed by atoms with Crippen LogP contribution in [0.3, 0.4) is 0 Å². The Balaban J connectivity index is 1.98. The Morgan fingerprint density at radius 1 is 0.697 bits per heavy atom. The first-order valence-corrected chi connectivity index (χ1v) is 10.4. The summed E-state index contributed by atoms with van der Waals surface area (Å²) in [4.78, 5) is 0. The van der Waals surface area contributed by atoms with Gasteiger partial charge in [0.1, 0.15) is 67.1 Å². The first-order valence-electron chi connectivity index (χ1n) is 10.4. The van der Waals surface area contributed by atoms with Gasteiger partial charge < -0.3 is 75.1 Å². The van der Waals surface area contributed by atoms with Gasteiger partial charge in [0.15, 0.2) is 18.2 Å². The number of hydrogen-bond acceptors (Lipinski definition) is 15. The zero-order valence-electron chi connectivity index (χ0n) is 17.5. The summed E-state index contributed by atoms with van der Waals surface area (Å²) >= 11 is 0. The van der Waals surface area contributed by atoms with Crippen molar-refractivity contribution in [1.29, 1.82) is 0 Å². The Bertz CT molecular complexity index is 652. The lowest BCUT2D eigenvalue weighted by molar-refractivity contribution is -0.404. The third kappa shape index (κ3) is 4.53. The molecule has 33 heavy (non-hydrogen) atoms. The molecule has 3 fully saturated rings. The Hall–Kier alpha value is -0.600. The van der Waals surface area contributed by atoms with Crippen LogP contribution in [0.4, 0.5) is 0 Å². The minimum atomic E-state index is -2.41. The van der Waals surface area contributed by atoms with E-state index in [0.29, 0.717) is 0 Å². The van der Waals surface area contributed by atoms with Crippen molar-refractivity contribution in [3.63, 3.8) is 0 Å². The summed E-state index contributed by atoms with van der Waals surface area (Å²) < 4.78 is 21.6. The third-order valence-electron chi connectivity index (χ3n) is 6.48. The van der Waals surface area contributed by atoms with E-state index >= 15 is 0 Å². The fourth-order valence-corrected chi connectivity index (χ4v) is 4.42. The molecule has 11 N–H and O–H groups in total. The molecular formula is C18H32O15. The third-order valence-corrected chi connectivity index (χ3v) is 6.48. The van der Waals surface area contributed by atoms with Crippen molar-refractivity contribution < 1.29 is 75.1 Å². The molecular weight excluding hydrogens is 456 g/mol. The van der Waals surface area contributed by atoms with Crippen molar-refractivity contribution in [2.24, 2.45) is 0 Å². The van der Waals surface area contributed by atoms with Gasteiger partial charge in [0, 0.05) is 0 Å². The lowest BCUT2D eigenvalue weighted by atomic mass is 9.77. The summed E-state index contributed by atoms with van der Waals surface area (Å²) in [5, 5.41) is 111. The molecule has 0 aromatic heterocycles. The maximum absolute atomic E-state index is 10.7. The van der Waals surface area contributed by atoms with Crippen LogP contribution in [0.15, 0.2) is 0 Å². The van der Waals surface area contributed by atoms with Gasteiger partial charge in [0.25, 0.3) is 0 Å². The van der Waals surface area contributed by atoms with E-state index in [4.69, 9.17) is 18.9 Å². The summed E-state index contributed by atoms with van der Waals surface area (Å²) in [6, 6.07) is 0. The smallest absolute Gasteiger partial charge is 0.187 e. The van der Waals surface area contributed by atoms with Crippen LogP contribution in [0.2, 0.25) is 0 Å². The number of rotatable bonds is 5. The van der Waals surface area contributed by atoms with Gasteiger partial charge in [-0.15, -0.1) is 0 Å². The average molecular weight is 488 g/mol. The van der Waals surface area contributed by atoms with Crippen molar-refractivity contribution in [3.8, 4) is 0 Å². The molecule has 2 unspecified atom stereocenters. The van der Waals surface area contributed by atoms with Gasteiger partial charge >= 0.3 is 0 Å². The summed E-state index contributed by atoms with van der Waals surface area (Å²) in [5.41, 5.74) is -2.41. The van der Waals surface area contributed by atoms with Crippen molar-refractivity contribution in [2.45, 2.75) is 98.4 Å². The summed E-state index contributed by atoms with van der Waals surface area (Å²) in [6.07, 6.45) is -25.2. The molecule has 0 radical (unpaired) electrons. The molecule has 3 aliphatic rings. The Morgan fingerprint density at radius 2 is 1.30 bits per heavy atom. The molecule has 3 aliphatic heterocycles. The Kier molecular flexibility index (Phi) is 8.32. The molecule has 0 saturated carbocycles. The highest BCUT2D eigenvalue weighted by atomic mass is 16.7. The van der Waals surface area contributed by atoms with Crippen LogP contribution < -0.4 is 0 Å². The van der Waals surface area contributed by atoms with E-state index in [0.717, 1.165) is 0 Å². The average Bonchev–Trinajstić information content (AvgIpc) is 2.80. The predicted molar refractivity (Wildman–Crippen MR) is 99.9 cm³/mol. The van der Waals surface area contributed by atoms with Gasteiger partial charge in [-0.25, -0.2) is 0 Å². The normalized spacial score (nSPS) is 56.0. The topological polar surface area (TPSA) is 259 Å². The van der Waals surface area contributed by atoms with Gasteiger partial charge in [-0.05, 0) is 6.92 Å². The van der Waals surface area contributed by atoms with Crippen molar-refractivity contribution in [3.05, 3.63) is 0 Å². The van der Waals surface area contributed by atoms with Gasteiger partial charge in [-0.2, -0.15) is 0 Å². The standard InChI is InChI=1S/C18H32O15/c1-4-6(21)8(23)10(25)14(30-4)18(3-20)15(11(26)12(27)16(29)33-18)32-17-13(28)9(24)7(22)5(2-19)31-17/h4-17,19-29H,2-3H2,1H3/t4-,5+,6+,7-,8+,9-,10-,11+,12+,13+,14?,15-,16?,17-,18-/m0/s1. The van der Waals surface area contributed by atoms with E-state index in [9.17, 15) is 56.2 Å². The second-order valence-electron chi connectivity index (χ2n) is 8.59. The van der Waals surface area contributed by atoms with Crippen LogP contribution in [0, 0.1) is 0 Å². The van der Waals surface area contributed by atoms with Crippen LogP contribution in [-0.4, -0.2) is 161 Å². The SMILES string of the molecule is C[C@@H]1OC([C@]2(CO)OC(O)[C@H](O)[C@@H](O)[C@@H]2O[C@@H]2O[C@H](CO)[C@H](O)[C@H](O)[C@H]2O)[C@@H](O)[C@H](O)[C@@H]1O. The maximum atomic E-state index is 10.7. The quantitative estimate of drug-likeness (QED) is 0.172. The number of ether oxygens (including phenoxy) is 4. The van der Waals surface area contributed by atoms with Gasteiger partial charge in [-0.1, -0.05) is 0 Å². The molecule has 3 rings (SSSR count). The zero-order valence-corrected chi connectivity index (χ0v) is 17.5. The van der Waals surface area contributed by atoms with Crippen molar-refractivity contribution in [2.75, 3.05) is 13.2 Å². The van der Waals surface area contributed by atoms with Crippen molar-refractivity contribution >= 4 is 0 Å². The molecule has 0 spiro atoms. The Morgan fingerprint density at radius 3 is 1.88 bits per heavy atom. The lowest BCUT2D eigenvalue weighted by Gasteiger charge is -2.55. The first-order chi connectivity index (χ1) is 15.4. The molecule has 15 heteroatoms. The molecule has 0 bridgehead atoms. The van der Waals surface area contributed by atoms with Crippen LogP contribution in [0.25, 0.3) is 0 Å². The molecule has 0 amide bonds. The van der Waals surface area contributed by atoms with Crippen LogP contribution in [-0.2, 0) is 18.9 Å². The highest BCUT2D eigenvalue weighted by molar-refractivity contribution is 5.11. The number of aliphatic hydroxyl groups is 11. The van der Waals surface area contributed by atoms with Crippen LogP contribution in [0.5, 0.6) is 0 Å². The molecule has 15 nitrogen and oxygen atoms in total. The molecule has 0 aromatic carbocycles. The molecule has 0 aliphatic carbocycles. The van der Waals surface area contributed by atoms with E-state index in [1.807, 2.05) is 0 Å². The first kappa shape index (κ1) is 27.0. The van der Waals surface area contributed by atoms with Crippen LogP contribution >= 0.6 is 0 Å². The van der Waals surface area contributed by atoms with E-state index in [1.54, 1.807) is 0 Å². The maximum Gasteiger partial charge on any atom is 0.187 e.